The molecule has 2 aromatic heterocycles. The number of rotatable bonds is 7. The maximum Gasteiger partial charge on any atom is 0.258 e. The maximum atomic E-state index is 12.1. The van der Waals surface area contributed by atoms with Crippen LogP contribution in [-0.4, -0.2) is 53.2 Å². The predicted molar refractivity (Wildman–Crippen MR) is 110 cm³/mol. The van der Waals surface area contributed by atoms with Gasteiger partial charge in [0.1, 0.15) is 11.3 Å². The summed E-state index contributed by atoms with van der Waals surface area (Å²) in [6, 6.07) is 11.6. The standard InChI is InChI=1S/C21H23N3O3S/c25-17(13-24-9-6-19-16(12-24)7-10-28-19)11-23-20(26)14-27-18-5-1-3-15-4-2-8-22-21(15)18/h1-5,7-8,10,17,25H,6,9,11-14H2,(H,23,26). The number of aromatic nitrogens is 1. The molecule has 1 amide bonds. The first-order valence-corrected chi connectivity index (χ1v) is 10.3. The number of aliphatic hydroxyl groups is 1. The highest BCUT2D eigenvalue weighted by Crippen LogP contribution is 2.24. The van der Waals surface area contributed by atoms with Gasteiger partial charge < -0.3 is 15.2 Å². The van der Waals surface area contributed by atoms with Crippen LogP contribution in [0.25, 0.3) is 10.9 Å². The zero-order valence-corrected chi connectivity index (χ0v) is 16.3. The molecule has 3 aromatic rings. The van der Waals surface area contributed by atoms with E-state index in [0.29, 0.717) is 12.3 Å². The molecular formula is C21H23N3O3S. The van der Waals surface area contributed by atoms with Crippen molar-refractivity contribution in [3.63, 3.8) is 0 Å². The van der Waals surface area contributed by atoms with Gasteiger partial charge in [-0.2, -0.15) is 0 Å². The Labute approximate surface area is 167 Å². The minimum Gasteiger partial charge on any atom is -0.481 e. The molecule has 3 heterocycles. The number of nitrogens with one attached hydrogen (secondary N) is 1. The van der Waals surface area contributed by atoms with Crippen LogP contribution in [0.2, 0.25) is 0 Å². The SMILES string of the molecule is O=C(COc1cccc2cccnc12)NCC(O)CN1CCc2sccc2C1. The summed E-state index contributed by atoms with van der Waals surface area (Å²) in [7, 11) is 0. The Morgan fingerprint density at radius 2 is 2.21 bits per heavy atom. The third-order valence-electron chi connectivity index (χ3n) is 4.84. The van der Waals surface area contributed by atoms with Crippen molar-refractivity contribution in [1.82, 2.24) is 15.2 Å². The normalized spacial score (nSPS) is 15.2. The molecule has 1 atom stereocenters. The molecule has 0 saturated carbocycles. The van der Waals surface area contributed by atoms with Crippen LogP contribution in [0.3, 0.4) is 0 Å². The lowest BCUT2D eigenvalue weighted by Gasteiger charge is -2.28. The number of hydrogen-bond acceptors (Lipinski definition) is 6. The van der Waals surface area contributed by atoms with Crippen molar-refractivity contribution in [3.05, 3.63) is 58.4 Å². The van der Waals surface area contributed by atoms with E-state index in [1.54, 1.807) is 23.6 Å². The van der Waals surface area contributed by atoms with Gasteiger partial charge in [0.15, 0.2) is 6.61 Å². The van der Waals surface area contributed by atoms with Gasteiger partial charge in [-0.15, -0.1) is 11.3 Å². The molecule has 146 valence electrons. The zero-order chi connectivity index (χ0) is 19.3. The fraction of sp³-hybridized carbons (Fsp3) is 0.333. The number of carbonyl (C=O) groups is 1. The quantitative estimate of drug-likeness (QED) is 0.639. The number of carbonyl (C=O) groups excluding carboxylic acids is 1. The number of hydrogen-bond donors (Lipinski definition) is 2. The van der Waals surface area contributed by atoms with Crippen LogP contribution in [-0.2, 0) is 17.8 Å². The van der Waals surface area contributed by atoms with E-state index < -0.39 is 6.10 Å². The largest absolute Gasteiger partial charge is 0.481 e. The second-order valence-corrected chi connectivity index (χ2v) is 7.93. The molecule has 6 nitrogen and oxygen atoms in total. The smallest absolute Gasteiger partial charge is 0.258 e. The second-order valence-electron chi connectivity index (χ2n) is 6.93. The molecule has 4 rings (SSSR count). The molecule has 1 aromatic carbocycles. The molecule has 2 N–H and O–H groups in total. The van der Waals surface area contributed by atoms with Gasteiger partial charge in [-0.1, -0.05) is 18.2 Å². The van der Waals surface area contributed by atoms with Crippen LogP contribution in [0.1, 0.15) is 10.4 Å². The molecule has 7 heteroatoms. The number of nitrogens with zero attached hydrogens (tertiary/aromatic N) is 2. The van der Waals surface area contributed by atoms with Crippen LogP contribution in [0, 0.1) is 0 Å². The van der Waals surface area contributed by atoms with Crippen molar-refractivity contribution < 1.29 is 14.6 Å². The lowest BCUT2D eigenvalue weighted by molar-refractivity contribution is -0.123. The van der Waals surface area contributed by atoms with Gasteiger partial charge in [0.05, 0.1) is 6.10 Å². The fourth-order valence-corrected chi connectivity index (χ4v) is 4.33. The summed E-state index contributed by atoms with van der Waals surface area (Å²) < 4.78 is 5.63. The van der Waals surface area contributed by atoms with E-state index in [9.17, 15) is 9.90 Å². The lowest BCUT2D eigenvalue weighted by atomic mass is 10.1. The van der Waals surface area contributed by atoms with Crippen LogP contribution >= 0.6 is 11.3 Å². The highest BCUT2D eigenvalue weighted by atomic mass is 32.1. The molecule has 1 aliphatic heterocycles. The molecule has 0 radical (unpaired) electrons. The van der Waals surface area contributed by atoms with Crippen LogP contribution in [0.4, 0.5) is 0 Å². The topological polar surface area (TPSA) is 74.7 Å². The molecule has 0 aliphatic carbocycles. The van der Waals surface area contributed by atoms with Gasteiger partial charge in [-0.25, -0.2) is 0 Å². The molecular weight excluding hydrogens is 374 g/mol. The van der Waals surface area contributed by atoms with E-state index in [1.165, 1.54) is 10.4 Å². The highest BCUT2D eigenvalue weighted by molar-refractivity contribution is 7.10. The van der Waals surface area contributed by atoms with E-state index in [0.717, 1.165) is 30.4 Å². The third-order valence-corrected chi connectivity index (χ3v) is 5.87. The number of benzene rings is 1. The van der Waals surface area contributed by atoms with Gasteiger partial charge in [0, 0.05) is 42.6 Å². The van der Waals surface area contributed by atoms with Crippen LogP contribution in [0.15, 0.2) is 48.0 Å². The number of aliphatic hydroxyl groups excluding tert-OH is 1. The van der Waals surface area contributed by atoms with Crippen molar-refractivity contribution in [3.8, 4) is 5.75 Å². The first kappa shape index (κ1) is 18.9. The molecule has 1 unspecified atom stereocenters. The Hall–Kier alpha value is -2.48. The highest BCUT2D eigenvalue weighted by Gasteiger charge is 2.19. The van der Waals surface area contributed by atoms with E-state index in [-0.39, 0.29) is 19.1 Å². The van der Waals surface area contributed by atoms with Crippen molar-refractivity contribution in [1.29, 1.82) is 0 Å². The van der Waals surface area contributed by atoms with E-state index >= 15 is 0 Å². The maximum absolute atomic E-state index is 12.1. The Balaban J connectivity index is 1.22. The van der Waals surface area contributed by atoms with E-state index in [4.69, 9.17) is 4.74 Å². The predicted octanol–water partition coefficient (Wildman–Crippen LogP) is 2.21. The number of β-amino-alcohol motifs (C(OH)–C–C–N with tert-alkyl or cyclic N) is 1. The van der Waals surface area contributed by atoms with Crippen LogP contribution in [0.5, 0.6) is 5.75 Å². The molecule has 0 fully saturated rings. The number of para-hydroxylation sites is 1. The Morgan fingerprint density at radius 3 is 3.14 bits per heavy atom. The monoisotopic (exact) mass is 397 g/mol. The summed E-state index contributed by atoms with van der Waals surface area (Å²) in [5, 5.41) is 16.1. The van der Waals surface area contributed by atoms with Crippen molar-refractivity contribution in [2.24, 2.45) is 0 Å². The second kappa shape index (κ2) is 8.68. The van der Waals surface area contributed by atoms with E-state index in [1.807, 2.05) is 24.3 Å². The van der Waals surface area contributed by atoms with Gasteiger partial charge in [-0.05, 0) is 35.6 Å². The van der Waals surface area contributed by atoms with Gasteiger partial charge in [0.2, 0.25) is 0 Å². The molecule has 28 heavy (non-hydrogen) atoms. The average Bonchev–Trinajstić information content (AvgIpc) is 3.18. The van der Waals surface area contributed by atoms with Gasteiger partial charge >= 0.3 is 0 Å². The number of pyridine rings is 1. The molecule has 0 saturated heterocycles. The molecule has 1 aliphatic rings. The van der Waals surface area contributed by atoms with Crippen molar-refractivity contribution in [2.75, 3.05) is 26.2 Å². The first-order chi connectivity index (χ1) is 13.7. The Bertz CT molecular complexity index is 953. The summed E-state index contributed by atoms with van der Waals surface area (Å²) in [5.41, 5.74) is 2.08. The van der Waals surface area contributed by atoms with Gasteiger partial charge in [0.25, 0.3) is 5.91 Å². The molecule has 0 spiro atoms. The summed E-state index contributed by atoms with van der Waals surface area (Å²) in [4.78, 5) is 20.1. The van der Waals surface area contributed by atoms with Gasteiger partial charge in [-0.3, -0.25) is 14.7 Å². The number of fused-ring (bicyclic) bond motifs is 2. The third kappa shape index (κ3) is 4.49. The van der Waals surface area contributed by atoms with Crippen molar-refractivity contribution >= 4 is 28.1 Å². The zero-order valence-electron chi connectivity index (χ0n) is 15.5. The summed E-state index contributed by atoms with van der Waals surface area (Å²) in [5.74, 6) is 0.319. The molecule has 0 bridgehead atoms. The number of amides is 1. The summed E-state index contributed by atoms with van der Waals surface area (Å²) in [6.07, 6.45) is 2.12. The van der Waals surface area contributed by atoms with E-state index in [2.05, 4.69) is 26.6 Å². The lowest BCUT2D eigenvalue weighted by Crippen LogP contribution is -2.42. The van der Waals surface area contributed by atoms with Crippen LogP contribution < -0.4 is 10.1 Å². The first-order valence-electron chi connectivity index (χ1n) is 9.38. The summed E-state index contributed by atoms with van der Waals surface area (Å²) >= 11 is 1.80. The fourth-order valence-electron chi connectivity index (χ4n) is 3.44. The minimum absolute atomic E-state index is 0.107. The average molecular weight is 398 g/mol. The number of thiophene rings is 1. The Kier molecular flexibility index (Phi) is 5.85. The Morgan fingerprint density at radius 1 is 1.32 bits per heavy atom. The van der Waals surface area contributed by atoms with Crippen molar-refractivity contribution in [2.45, 2.75) is 19.1 Å². The summed E-state index contributed by atoms with van der Waals surface area (Å²) in [6.45, 7) is 2.45. The number of ether oxygens (including phenoxy) is 1. The minimum atomic E-state index is -0.608.